The Morgan fingerprint density at radius 2 is 2.08 bits per heavy atom. The SMILES string of the molecule is CC(=O)c1nc(C)c(C(=O)O)s1. The minimum absolute atomic E-state index is 0.139. The first-order valence-corrected chi connectivity index (χ1v) is 4.05. The quantitative estimate of drug-likeness (QED) is 0.706. The van der Waals surface area contributed by atoms with Gasteiger partial charge in [-0.2, -0.15) is 0 Å². The molecule has 0 spiro atoms. The minimum Gasteiger partial charge on any atom is -0.477 e. The van der Waals surface area contributed by atoms with Crippen LogP contribution in [0.4, 0.5) is 0 Å². The third-order valence-electron chi connectivity index (χ3n) is 1.29. The highest BCUT2D eigenvalue weighted by molar-refractivity contribution is 7.15. The van der Waals surface area contributed by atoms with E-state index < -0.39 is 5.97 Å². The number of hydrogen-bond donors (Lipinski definition) is 1. The van der Waals surface area contributed by atoms with E-state index in [9.17, 15) is 9.59 Å². The molecule has 1 heterocycles. The molecule has 0 saturated heterocycles. The van der Waals surface area contributed by atoms with Gasteiger partial charge >= 0.3 is 5.97 Å². The van der Waals surface area contributed by atoms with Crippen LogP contribution in [0.1, 0.15) is 32.1 Å². The van der Waals surface area contributed by atoms with Crippen LogP contribution < -0.4 is 0 Å². The zero-order valence-electron chi connectivity index (χ0n) is 6.62. The molecule has 0 saturated carbocycles. The summed E-state index contributed by atoms with van der Waals surface area (Å²) in [5, 5.41) is 8.87. The number of aromatic carboxylic acids is 1. The molecule has 0 unspecified atom stereocenters. The molecule has 0 aliphatic heterocycles. The second-order valence-corrected chi connectivity index (χ2v) is 3.29. The monoisotopic (exact) mass is 185 g/mol. The average Bonchev–Trinajstić information content (AvgIpc) is 2.30. The van der Waals surface area contributed by atoms with Gasteiger partial charge in [0.2, 0.25) is 0 Å². The van der Waals surface area contributed by atoms with Crippen LogP contribution in [-0.2, 0) is 0 Å². The highest BCUT2D eigenvalue weighted by Crippen LogP contribution is 2.17. The van der Waals surface area contributed by atoms with Crippen molar-refractivity contribution in [3.05, 3.63) is 15.6 Å². The van der Waals surface area contributed by atoms with E-state index in [1.54, 1.807) is 6.92 Å². The molecule has 0 bridgehead atoms. The number of hydrogen-bond acceptors (Lipinski definition) is 4. The summed E-state index contributed by atoms with van der Waals surface area (Å²) in [6, 6.07) is 0. The number of carbonyl (C=O) groups is 2. The highest BCUT2D eigenvalue weighted by atomic mass is 32.1. The molecule has 0 aliphatic rings. The van der Waals surface area contributed by atoms with Crippen molar-refractivity contribution in [3.8, 4) is 0 Å². The van der Waals surface area contributed by atoms with E-state index in [0.717, 1.165) is 11.3 Å². The van der Waals surface area contributed by atoms with Crippen LogP contribution in [0, 0.1) is 6.92 Å². The van der Waals surface area contributed by atoms with Gasteiger partial charge in [-0.25, -0.2) is 9.78 Å². The topological polar surface area (TPSA) is 67.3 Å². The summed E-state index contributed by atoms with van der Waals surface area (Å²) in [6.45, 7) is 2.94. The molecular formula is C7H7NO3S. The van der Waals surface area contributed by atoms with E-state index in [1.807, 2.05) is 0 Å². The van der Waals surface area contributed by atoms with E-state index >= 15 is 0 Å². The summed E-state index contributed by atoms with van der Waals surface area (Å²) in [7, 11) is 0. The van der Waals surface area contributed by atoms with Crippen molar-refractivity contribution in [2.45, 2.75) is 13.8 Å². The van der Waals surface area contributed by atoms with Crippen molar-refractivity contribution in [2.75, 3.05) is 0 Å². The fourth-order valence-corrected chi connectivity index (χ4v) is 1.55. The maximum absolute atomic E-state index is 10.8. The van der Waals surface area contributed by atoms with Crippen molar-refractivity contribution in [3.63, 3.8) is 0 Å². The Labute approximate surface area is 72.9 Å². The summed E-state index contributed by atoms with van der Waals surface area (Å²) in [5.74, 6) is -1.23. The Bertz CT molecular complexity index is 342. The van der Waals surface area contributed by atoms with E-state index in [4.69, 9.17) is 5.11 Å². The largest absolute Gasteiger partial charge is 0.477 e. The van der Waals surface area contributed by atoms with E-state index in [0.29, 0.717) is 5.69 Å². The first kappa shape index (κ1) is 8.86. The van der Waals surface area contributed by atoms with Gasteiger partial charge in [-0.05, 0) is 6.92 Å². The molecular weight excluding hydrogens is 178 g/mol. The minimum atomic E-state index is -1.03. The van der Waals surface area contributed by atoms with Crippen LogP contribution in [0.2, 0.25) is 0 Å². The number of nitrogens with zero attached hydrogens (tertiary/aromatic N) is 1. The van der Waals surface area contributed by atoms with Gasteiger partial charge in [0.05, 0.1) is 5.69 Å². The summed E-state index contributed by atoms with van der Waals surface area (Å²) in [6.07, 6.45) is 0. The molecule has 0 aliphatic carbocycles. The lowest BCUT2D eigenvalue weighted by molar-refractivity contribution is 0.0701. The number of aryl methyl sites for hydroxylation is 1. The van der Waals surface area contributed by atoms with Crippen LogP contribution in [0.15, 0.2) is 0 Å². The number of carboxylic acids is 1. The molecule has 0 atom stereocenters. The van der Waals surface area contributed by atoms with Crippen molar-refractivity contribution < 1.29 is 14.7 Å². The zero-order chi connectivity index (χ0) is 9.30. The number of Topliss-reactive ketones (excluding diaryl/α,β-unsaturated/α-hetero) is 1. The van der Waals surface area contributed by atoms with Crippen LogP contribution in [0.25, 0.3) is 0 Å². The Morgan fingerprint density at radius 3 is 2.33 bits per heavy atom. The predicted octanol–water partition coefficient (Wildman–Crippen LogP) is 1.35. The van der Waals surface area contributed by atoms with Gasteiger partial charge in [0.25, 0.3) is 0 Å². The predicted molar refractivity (Wildman–Crippen MR) is 43.8 cm³/mol. The number of carbonyl (C=O) groups excluding carboxylic acids is 1. The van der Waals surface area contributed by atoms with E-state index in [-0.39, 0.29) is 15.7 Å². The third-order valence-corrected chi connectivity index (χ3v) is 2.54. The zero-order valence-corrected chi connectivity index (χ0v) is 7.44. The Morgan fingerprint density at radius 1 is 1.50 bits per heavy atom. The molecule has 1 aromatic rings. The Hall–Kier alpha value is -1.23. The molecule has 0 aromatic carbocycles. The van der Waals surface area contributed by atoms with Gasteiger partial charge in [-0.3, -0.25) is 4.79 Å². The molecule has 1 aromatic heterocycles. The van der Waals surface area contributed by atoms with Crippen molar-refractivity contribution in [1.29, 1.82) is 0 Å². The molecule has 12 heavy (non-hydrogen) atoms. The number of rotatable bonds is 2. The fourth-order valence-electron chi connectivity index (χ4n) is 0.745. The maximum atomic E-state index is 10.8. The number of carboxylic acid groups (broad SMARTS) is 1. The maximum Gasteiger partial charge on any atom is 0.347 e. The number of aromatic nitrogens is 1. The van der Waals surface area contributed by atoms with Crippen LogP contribution in [-0.4, -0.2) is 21.8 Å². The lowest BCUT2D eigenvalue weighted by Crippen LogP contribution is -1.94. The second kappa shape index (κ2) is 3.02. The molecule has 1 N–H and O–H groups in total. The van der Waals surface area contributed by atoms with Gasteiger partial charge in [-0.1, -0.05) is 0 Å². The first-order chi connectivity index (χ1) is 5.52. The van der Waals surface area contributed by atoms with Crippen molar-refractivity contribution >= 4 is 23.1 Å². The molecule has 64 valence electrons. The number of thiazole rings is 1. The van der Waals surface area contributed by atoms with E-state index in [2.05, 4.69) is 4.98 Å². The lowest BCUT2D eigenvalue weighted by atomic mass is 10.4. The van der Waals surface area contributed by atoms with Crippen LogP contribution in [0.5, 0.6) is 0 Å². The van der Waals surface area contributed by atoms with Gasteiger partial charge < -0.3 is 5.11 Å². The fraction of sp³-hybridized carbons (Fsp3) is 0.286. The molecule has 1 rings (SSSR count). The van der Waals surface area contributed by atoms with Gasteiger partial charge in [0.1, 0.15) is 4.88 Å². The Kier molecular flexibility index (Phi) is 2.23. The summed E-state index contributed by atoms with van der Waals surface area (Å²) in [4.78, 5) is 25.3. The highest BCUT2D eigenvalue weighted by Gasteiger charge is 2.15. The normalized spacial score (nSPS) is 9.83. The molecule has 5 heteroatoms. The smallest absolute Gasteiger partial charge is 0.347 e. The molecule has 4 nitrogen and oxygen atoms in total. The summed E-state index contributed by atoms with van der Waals surface area (Å²) < 4.78 is 0. The van der Waals surface area contributed by atoms with Crippen LogP contribution in [0.3, 0.4) is 0 Å². The van der Waals surface area contributed by atoms with E-state index in [1.165, 1.54) is 6.92 Å². The number of ketones is 1. The van der Waals surface area contributed by atoms with Gasteiger partial charge in [0.15, 0.2) is 10.8 Å². The lowest BCUT2D eigenvalue weighted by Gasteiger charge is -1.84. The third kappa shape index (κ3) is 1.50. The molecule has 0 amide bonds. The standard InChI is InChI=1S/C7H7NO3S/c1-3-5(7(10)11)12-6(8-3)4(2)9/h1-2H3,(H,10,11). The summed E-state index contributed by atoms with van der Waals surface area (Å²) >= 11 is 0.916. The average molecular weight is 185 g/mol. The van der Waals surface area contributed by atoms with Crippen LogP contribution >= 0.6 is 11.3 Å². The first-order valence-electron chi connectivity index (χ1n) is 3.24. The van der Waals surface area contributed by atoms with Gasteiger partial charge in [0, 0.05) is 6.92 Å². The molecule has 0 fully saturated rings. The molecule has 0 radical (unpaired) electrons. The van der Waals surface area contributed by atoms with Crippen molar-refractivity contribution in [1.82, 2.24) is 4.98 Å². The summed E-state index contributed by atoms with van der Waals surface area (Å²) in [5.41, 5.74) is 0.401. The van der Waals surface area contributed by atoms with Crippen molar-refractivity contribution in [2.24, 2.45) is 0 Å². The van der Waals surface area contributed by atoms with Gasteiger partial charge in [-0.15, -0.1) is 11.3 Å². The Balaban J connectivity index is 3.17. The second-order valence-electron chi connectivity index (χ2n) is 2.29.